The molecule has 0 spiro atoms. The number of nitrogens with one attached hydrogen (secondary N) is 2. The van der Waals surface area contributed by atoms with Gasteiger partial charge in [0.25, 0.3) is 0 Å². The Morgan fingerprint density at radius 2 is 1.91 bits per heavy atom. The van der Waals surface area contributed by atoms with Crippen LogP contribution in [0.5, 0.6) is 0 Å². The Labute approximate surface area is 143 Å². The molecule has 0 aromatic heterocycles. The average molecular weight is 340 g/mol. The number of nitrogens with zero attached hydrogens (tertiary/aromatic N) is 1. The zero-order valence-corrected chi connectivity index (χ0v) is 14.7. The summed E-state index contributed by atoms with van der Waals surface area (Å²) in [5, 5.41) is 7.33. The maximum Gasteiger partial charge on any atom is 0.305 e. The summed E-state index contributed by atoms with van der Waals surface area (Å²) in [4.78, 5) is 15.2. The highest BCUT2D eigenvalue weighted by Gasteiger charge is 2.02. The first-order valence-corrected chi connectivity index (χ1v) is 8.30. The summed E-state index contributed by atoms with van der Waals surface area (Å²) < 4.78 is 4.61. The molecular formula is C17H26ClN3O2. The summed E-state index contributed by atoms with van der Waals surface area (Å²) in [6.07, 6.45) is 4.16. The molecule has 0 aliphatic heterocycles. The van der Waals surface area contributed by atoms with Crippen LogP contribution < -0.4 is 10.6 Å². The van der Waals surface area contributed by atoms with E-state index in [0.29, 0.717) is 6.42 Å². The van der Waals surface area contributed by atoms with Gasteiger partial charge in [-0.25, -0.2) is 0 Å². The second kappa shape index (κ2) is 11.8. The van der Waals surface area contributed by atoms with Crippen LogP contribution in [0.25, 0.3) is 0 Å². The van der Waals surface area contributed by atoms with Gasteiger partial charge in [0, 0.05) is 31.6 Å². The van der Waals surface area contributed by atoms with E-state index in [4.69, 9.17) is 11.6 Å². The number of guanidine groups is 1. The molecule has 0 aliphatic rings. The minimum atomic E-state index is -0.144. The predicted molar refractivity (Wildman–Crippen MR) is 95.0 cm³/mol. The van der Waals surface area contributed by atoms with Crippen LogP contribution >= 0.6 is 11.6 Å². The van der Waals surface area contributed by atoms with Gasteiger partial charge >= 0.3 is 5.97 Å². The second-order valence-corrected chi connectivity index (χ2v) is 5.56. The first-order valence-electron chi connectivity index (χ1n) is 7.92. The Kier molecular flexibility index (Phi) is 9.87. The number of ether oxygens (including phenoxy) is 1. The molecule has 0 heterocycles. The highest BCUT2D eigenvalue weighted by atomic mass is 35.5. The third-order valence-electron chi connectivity index (χ3n) is 3.45. The van der Waals surface area contributed by atoms with Gasteiger partial charge in [-0.2, -0.15) is 0 Å². The molecular weight excluding hydrogens is 314 g/mol. The Balaban J connectivity index is 2.13. The quantitative estimate of drug-likeness (QED) is 0.314. The van der Waals surface area contributed by atoms with Crippen LogP contribution in [0.3, 0.4) is 0 Å². The lowest BCUT2D eigenvalue weighted by atomic mass is 10.1. The lowest BCUT2D eigenvalue weighted by Gasteiger charge is -2.12. The molecule has 0 saturated heterocycles. The van der Waals surface area contributed by atoms with Crippen molar-refractivity contribution in [3.05, 3.63) is 34.9 Å². The molecule has 0 radical (unpaired) electrons. The van der Waals surface area contributed by atoms with Gasteiger partial charge in [0.2, 0.25) is 0 Å². The number of carbonyl (C=O) groups is 1. The lowest BCUT2D eigenvalue weighted by molar-refractivity contribution is -0.140. The number of unbranched alkanes of at least 4 members (excludes halogenated alkanes) is 2. The van der Waals surface area contributed by atoms with Crippen LogP contribution in [0.15, 0.2) is 29.3 Å². The minimum Gasteiger partial charge on any atom is -0.469 e. The van der Waals surface area contributed by atoms with Gasteiger partial charge in [0.1, 0.15) is 0 Å². The first kappa shape index (κ1) is 19.3. The molecule has 128 valence electrons. The van der Waals surface area contributed by atoms with Crippen molar-refractivity contribution in [2.75, 3.05) is 27.2 Å². The van der Waals surface area contributed by atoms with Gasteiger partial charge in [-0.1, -0.05) is 36.2 Å². The van der Waals surface area contributed by atoms with Crippen LogP contribution in [0.4, 0.5) is 0 Å². The van der Waals surface area contributed by atoms with Crippen LogP contribution in [0.2, 0.25) is 5.02 Å². The van der Waals surface area contributed by atoms with Crippen molar-refractivity contribution in [1.29, 1.82) is 0 Å². The molecule has 2 N–H and O–H groups in total. The van der Waals surface area contributed by atoms with E-state index in [1.807, 2.05) is 24.3 Å². The van der Waals surface area contributed by atoms with Crippen molar-refractivity contribution < 1.29 is 9.53 Å². The van der Waals surface area contributed by atoms with Gasteiger partial charge in [-0.3, -0.25) is 9.79 Å². The third-order valence-corrected chi connectivity index (χ3v) is 3.81. The molecule has 0 atom stereocenters. The van der Waals surface area contributed by atoms with Crippen LogP contribution in [0.1, 0.15) is 31.2 Å². The number of rotatable bonds is 9. The molecule has 0 aliphatic carbocycles. The number of halogens is 1. The van der Waals surface area contributed by atoms with Crippen LogP contribution in [-0.4, -0.2) is 39.2 Å². The first-order chi connectivity index (χ1) is 11.2. The Hall–Kier alpha value is -1.75. The highest BCUT2D eigenvalue weighted by Crippen LogP contribution is 2.14. The summed E-state index contributed by atoms with van der Waals surface area (Å²) in [5.74, 6) is 0.639. The topological polar surface area (TPSA) is 62.7 Å². The largest absolute Gasteiger partial charge is 0.469 e. The molecule has 5 nitrogen and oxygen atoms in total. The van der Waals surface area contributed by atoms with E-state index in [1.54, 1.807) is 7.05 Å². The number of methoxy groups -OCH3 is 1. The monoisotopic (exact) mass is 339 g/mol. The number of hydrogen-bond donors (Lipinski definition) is 2. The molecule has 0 amide bonds. The van der Waals surface area contributed by atoms with E-state index in [9.17, 15) is 4.79 Å². The number of hydrogen-bond acceptors (Lipinski definition) is 3. The van der Waals surface area contributed by atoms with Crippen LogP contribution in [-0.2, 0) is 16.0 Å². The van der Waals surface area contributed by atoms with Crippen molar-refractivity contribution in [1.82, 2.24) is 10.6 Å². The van der Waals surface area contributed by atoms with Crippen molar-refractivity contribution in [2.24, 2.45) is 4.99 Å². The van der Waals surface area contributed by atoms with E-state index < -0.39 is 0 Å². The van der Waals surface area contributed by atoms with Gasteiger partial charge in [-0.15, -0.1) is 0 Å². The second-order valence-electron chi connectivity index (χ2n) is 5.15. The molecule has 0 saturated carbocycles. The molecule has 0 fully saturated rings. The van der Waals surface area contributed by atoms with Crippen molar-refractivity contribution in [3.63, 3.8) is 0 Å². The molecule has 1 aromatic carbocycles. The fraction of sp³-hybridized carbons (Fsp3) is 0.529. The average Bonchev–Trinajstić information content (AvgIpc) is 2.57. The van der Waals surface area contributed by atoms with E-state index in [0.717, 1.165) is 55.3 Å². The Morgan fingerprint density at radius 1 is 1.17 bits per heavy atom. The normalized spacial score (nSPS) is 11.2. The summed E-state index contributed by atoms with van der Waals surface area (Å²) in [6.45, 7) is 1.60. The smallest absolute Gasteiger partial charge is 0.305 e. The van der Waals surface area contributed by atoms with Gasteiger partial charge < -0.3 is 15.4 Å². The predicted octanol–water partition coefficient (Wildman–Crippen LogP) is 2.78. The zero-order valence-electron chi connectivity index (χ0n) is 13.9. The fourth-order valence-electron chi connectivity index (χ4n) is 2.12. The van der Waals surface area contributed by atoms with E-state index in [1.165, 1.54) is 7.11 Å². The van der Waals surface area contributed by atoms with E-state index >= 15 is 0 Å². The van der Waals surface area contributed by atoms with Gasteiger partial charge in [-0.05, 0) is 30.9 Å². The van der Waals surface area contributed by atoms with Crippen molar-refractivity contribution in [3.8, 4) is 0 Å². The Morgan fingerprint density at radius 3 is 2.61 bits per heavy atom. The number of carbonyl (C=O) groups excluding carboxylic acids is 1. The maximum atomic E-state index is 11.0. The number of esters is 1. The van der Waals surface area contributed by atoms with E-state index in [-0.39, 0.29) is 5.97 Å². The molecule has 23 heavy (non-hydrogen) atoms. The Bertz CT molecular complexity index is 506. The summed E-state index contributed by atoms with van der Waals surface area (Å²) >= 11 is 6.13. The highest BCUT2D eigenvalue weighted by molar-refractivity contribution is 6.31. The third kappa shape index (κ3) is 8.45. The molecule has 1 aromatic rings. The summed E-state index contributed by atoms with van der Waals surface area (Å²) in [7, 11) is 3.17. The van der Waals surface area contributed by atoms with Gasteiger partial charge in [0.15, 0.2) is 5.96 Å². The fourth-order valence-corrected chi connectivity index (χ4v) is 2.35. The zero-order chi connectivity index (χ0) is 16.9. The van der Waals surface area contributed by atoms with E-state index in [2.05, 4.69) is 20.4 Å². The van der Waals surface area contributed by atoms with Crippen molar-refractivity contribution >= 4 is 23.5 Å². The van der Waals surface area contributed by atoms with Crippen LogP contribution in [0, 0.1) is 0 Å². The molecule has 0 unspecified atom stereocenters. The summed E-state index contributed by atoms with van der Waals surface area (Å²) in [5.41, 5.74) is 1.12. The molecule has 1 rings (SSSR count). The minimum absolute atomic E-state index is 0.144. The number of aliphatic imine (C=N–C) groups is 1. The number of benzene rings is 1. The summed E-state index contributed by atoms with van der Waals surface area (Å²) in [6, 6.07) is 7.85. The van der Waals surface area contributed by atoms with Crippen molar-refractivity contribution in [2.45, 2.75) is 32.1 Å². The molecule has 0 bridgehead atoms. The maximum absolute atomic E-state index is 11.0. The standard InChI is InChI=1S/C17H26ClN3O2/c1-19-17(20-12-7-3-4-10-16(22)23-2)21-13-11-14-8-5-6-9-15(14)18/h5-6,8-9H,3-4,7,10-13H2,1-2H3,(H2,19,20,21). The molecule has 6 heteroatoms. The SMILES string of the molecule is CN=C(NCCCCCC(=O)OC)NCCc1ccccc1Cl. The van der Waals surface area contributed by atoms with Gasteiger partial charge in [0.05, 0.1) is 7.11 Å². The lowest BCUT2D eigenvalue weighted by Crippen LogP contribution is -2.38.